The monoisotopic (exact) mass is 716 g/mol. The number of nitrogens with one attached hydrogen (secondary N) is 3. The molecule has 50 heavy (non-hydrogen) atoms. The van der Waals surface area contributed by atoms with E-state index in [2.05, 4.69) is 16.0 Å². The van der Waals surface area contributed by atoms with Gasteiger partial charge < -0.3 is 45.1 Å². The van der Waals surface area contributed by atoms with Gasteiger partial charge in [0.15, 0.2) is 0 Å². The van der Waals surface area contributed by atoms with Crippen LogP contribution in [-0.4, -0.2) is 118 Å². The van der Waals surface area contributed by atoms with Gasteiger partial charge in [0, 0.05) is 32.4 Å². The van der Waals surface area contributed by atoms with E-state index in [0.717, 1.165) is 38.5 Å². The van der Waals surface area contributed by atoms with Crippen LogP contribution in [-0.2, 0) is 47.7 Å². The topological polar surface area (TPSA) is 216 Å². The van der Waals surface area contributed by atoms with E-state index in [4.69, 9.17) is 24.1 Å². The van der Waals surface area contributed by atoms with Crippen molar-refractivity contribution in [3.63, 3.8) is 0 Å². The molecule has 0 aliphatic heterocycles. The molecule has 0 saturated heterocycles. The van der Waals surface area contributed by atoms with Gasteiger partial charge in [-0.15, -0.1) is 0 Å². The molecule has 0 rings (SSSR count). The molecule has 3 amide bonds. The first-order chi connectivity index (χ1) is 24.3. The number of hydrogen-bond donors (Lipinski definition) is 5. The lowest BCUT2D eigenvalue weighted by molar-refractivity contribution is -0.142. The van der Waals surface area contributed by atoms with Crippen molar-refractivity contribution in [3.8, 4) is 0 Å². The highest BCUT2D eigenvalue weighted by Crippen LogP contribution is 2.14. The van der Waals surface area contributed by atoms with Crippen LogP contribution in [0.5, 0.6) is 0 Å². The fourth-order valence-corrected chi connectivity index (χ4v) is 4.87. The molecule has 15 nitrogen and oxygen atoms in total. The van der Waals surface area contributed by atoms with E-state index in [-0.39, 0.29) is 89.6 Å². The Bertz CT molecular complexity index is 906. The Balaban J connectivity index is 3.66. The average Bonchev–Trinajstić information content (AvgIpc) is 3.08. The van der Waals surface area contributed by atoms with E-state index in [1.165, 1.54) is 44.9 Å². The Morgan fingerprint density at radius 3 is 1.48 bits per heavy atom. The van der Waals surface area contributed by atoms with Crippen molar-refractivity contribution >= 4 is 35.9 Å². The van der Waals surface area contributed by atoms with Crippen molar-refractivity contribution in [1.29, 1.82) is 0 Å². The summed E-state index contributed by atoms with van der Waals surface area (Å²) in [4.78, 5) is 68.1. The van der Waals surface area contributed by atoms with Crippen LogP contribution in [0, 0.1) is 0 Å². The maximum atomic E-state index is 12.3. The zero-order valence-corrected chi connectivity index (χ0v) is 29.9. The zero-order chi connectivity index (χ0) is 36.9. The fraction of sp³-hybridized carbons (Fsp3) is 0.829. The van der Waals surface area contributed by atoms with Gasteiger partial charge in [0.25, 0.3) is 0 Å². The summed E-state index contributed by atoms with van der Waals surface area (Å²) in [6.07, 6.45) is 17.2. The minimum atomic E-state index is -1.18. The highest BCUT2D eigenvalue weighted by atomic mass is 16.5. The lowest BCUT2D eigenvalue weighted by Gasteiger charge is -2.14. The molecule has 15 heteroatoms. The number of hydrogen-bond acceptors (Lipinski definition) is 10. The third kappa shape index (κ3) is 34.7. The molecule has 5 N–H and O–H groups in total. The Morgan fingerprint density at radius 1 is 0.520 bits per heavy atom. The minimum absolute atomic E-state index is 0.0166. The Morgan fingerprint density at radius 2 is 0.980 bits per heavy atom. The van der Waals surface area contributed by atoms with Gasteiger partial charge in [-0.3, -0.25) is 24.0 Å². The number of carbonyl (C=O) groups excluding carboxylic acids is 4. The normalized spacial score (nSPS) is 11.5. The fourth-order valence-electron chi connectivity index (χ4n) is 4.87. The van der Waals surface area contributed by atoms with Crippen molar-refractivity contribution in [1.82, 2.24) is 16.0 Å². The third-order valence-electron chi connectivity index (χ3n) is 7.61. The second-order valence-corrected chi connectivity index (χ2v) is 12.0. The molecule has 1 radical (unpaired) electrons. The summed E-state index contributed by atoms with van der Waals surface area (Å²) in [5.74, 6) is -2.86. The van der Waals surface area contributed by atoms with Crippen LogP contribution in [0.3, 0.4) is 0 Å². The second-order valence-electron chi connectivity index (χ2n) is 12.0. The predicted molar refractivity (Wildman–Crippen MR) is 185 cm³/mol. The lowest BCUT2D eigenvalue weighted by atomic mass is 10.0. The van der Waals surface area contributed by atoms with Crippen LogP contribution in [0.25, 0.3) is 0 Å². The lowest BCUT2D eigenvalue weighted by Crippen LogP contribution is -2.41. The van der Waals surface area contributed by atoms with Gasteiger partial charge >= 0.3 is 11.9 Å². The molecule has 0 aromatic heterocycles. The van der Waals surface area contributed by atoms with Gasteiger partial charge in [-0.2, -0.15) is 0 Å². The van der Waals surface area contributed by atoms with Crippen LogP contribution < -0.4 is 16.0 Å². The summed E-state index contributed by atoms with van der Waals surface area (Å²) >= 11 is 0. The third-order valence-corrected chi connectivity index (χ3v) is 7.61. The Hall–Kier alpha value is -3.14. The predicted octanol–water partition coefficient (Wildman–Crippen LogP) is 3.07. The molecule has 0 aromatic rings. The maximum absolute atomic E-state index is 12.3. The van der Waals surface area contributed by atoms with Crippen LogP contribution in [0.4, 0.5) is 0 Å². The SMILES string of the molecule is O=[C]COCCOCCNC(=O)COCCOCCNC(=O)CC[C@H](NC(=O)CCCCCCCCCCCCCCCCC(=O)O)C(=O)O. The van der Waals surface area contributed by atoms with Crippen molar-refractivity contribution in [2.24, 2.45) is 0 Å². The molecule has 0 aromatic carbocycles. The maximum Gasteiger partial charge on any atom is 0.326 e. The van der Waals surface area contributed by atoms with E-state index >= 15 is 0 Å². The average molecular weight is 717 g/mol. The van der Waals surface area contributed by atoms with Crippen LogP contribution in [0.2, 0.25) is 0 Å². The Kier molecular flexibility index (Phi) is 33.4. The molecule has 0 aliphatic rings. The number of carbonyl (C=O) groups is 5. The van der Waals surface area contributed by atoms with Crippen LogP contribution in [0.1, 0.15) is 116 Å². The molecule has 0 spiro atoms. The van der Waals surface area contributed by atoms with Gasteiger partial charge in [-0.1, -0.05) is 77.0 Å². The van der Waals surface area contributed by atoms with E-state index in [0.29, 0.717) is 26.2 Å². The van der Waals surface area contributed by atoms with Gasteiger partial charge in [0.1, 0.15) is 19.3 Å². The largest absolute Gasteiger partial charge is 0.481 e. The molecule has 1 atom stereocenters. The first kappa shape index (κ1) is 46.9. The quantitative estimate of drug-likeness (QED) is 0.0583. The first-order valence-electron chi connectivity index (χ1n) is 18.2. The molecule has 0 aliphatic carbocycles. The number of rotatable bonds is 38. The summed E-state index contributed by atoms with van der Waals surface area (Å²) in [5.41, 5.74) is 0. The number of unbranched alkanes of at least 4 members (excludes halogenated alkanes) is 13. The van der Waals surface area contributed by atoms with E-state index < -0.39 is 18.0 Å². The molecule has 0 heterocycles. The highest BCUT2D eigenvalue weighted by molar-refractivity contribution is 5.84. The molecular weight excluding hydrogens is 654 g/mol. The number of ether oxygens (including phenoxy) is 4. The summed E-state index contributed by atoms with van der Waals surface area (Å²) in [7, 11) is 0. The molecule has 0 unspecified atom stereocenters. The van der Waals surface area contributed by atoms with Crippen molar-refractivity contribution in [3.05, 3.63) is 0 Å². The highest BCUT2D eigenvalue weighted by Gasteiger charge is 2.20. The van der Waals surface area contributed by atoms with Crippen molar-refractivity contribution in [2.45, 2.75) is 122 Å². The molecule has 0 bridgehead atoms. The minimum Gasteiger partial charge on any atom is -0.481 e. The van der Waals surface area contributed by atoms with E-state index in [1.54, 1.807) is 6.29 Å². The zero-order valence-electron chi connectivity index (χ0n) is 29.9. The second kappa shape index (κ2) is 35.7. The van der Waals surface area contributed by atoms with Gasteiger partial charge in [0.05, 0.1) is 39.6 Å². The standard InChI is InChI=1S/C35H62N3O12/c39-21-24-49-26-25-47-23-20-37-33(42)29-50-28-27-48-22-19-36-31(40)18-17-30(35(45)46)38-32(41)15-13-11-9-7-5-3-1-2-4-6-8-10-12-14-16-34(43)44/h30H,1-20,22-29H2,(H,36,40)(H,37,42)(H,38,41)(H,43,44)(H,45,46)/t30-/m0/s1. The van der Waals surface area contributed by atoms with Crippen molar-refractivity contribution in [2.75, 3.05) is 65.9 Å². The summed E-state index contributed by atoms with van der Waals surface area (Å²) < 4.78 is 20.7. The van der Waals surface area contributed by atoms with Gasteiger partial charge in [-0.05, 0) is 19.3 Å². The summed E-state index contributed by atoms with van der Waals surface area (Å²) in [6, 6.07) is -1.13. The van der Waals surface area contributed by atoms with Crippen LogP contribution >= 0.6 is 0 Å². The summed E-state index contributed by atoms with van der Waals surface area (Å²) in [5, 5.41) is 25.9. The molecule has 0 fully saturated rings. The molecule has 289 valence electrons. The first-order valence-corrected chi connectivity index (χ1v) is 18.2. The van der Waals surface area contributed by atoms with Crippen LogP contribution in [0.15, 0.2) is 0 Å². The van der Waals surface area contributed by atoms with Gasteiger partial charge in [-0.25, -0.2) is 4.79 Å². The number of aliphatic carboxylic acids is 2. The van der Waals surface area contributed by atoms with Gasteiger partial charge in [0.2, 0.25) is 24.0 Å². The molecule has 0 saturated carbocycles. The smallest absolute Gasteiger partial charge is 0.326 e. The van der Waals surface area contributed by atoms with Crippen molar-refractivity contribution < 1.29 is 57.9 Å². The number of carboxylic acid groups (broad SMARTS) is 2. The van der Waals surface area contributed by atoms with E-state index in [1.807, 2.05) is 0 Å². The summed E-state index contributed by atoms with van der Waals surface area (Å²) in [6.45, 7) is 1.80. The van der Waals surface area contributed by atoms with E-state index in [9.17, 15) is 33.9 Å². The molecular formula is C35H62N3O12. The number of carboxylic acids is 2. The Labute approximate surface area is 297 Å². The number of amides is 3.